The second-order valence-electron chi connectivity index (χ2n) is 16.2. The Morgan fingerprint density at radius 2 is 1.32 bits per heavy atom. The van der Waals surface area contributed by atoms with Gasteiger partial charge in [0.1, 0.15) is 0 Å². The van der Waals surface area contributed by atoms with Crippen molar-refractivity contribution in [1.82, 2.24) is 0 Å². The van der Waals surface area contributed by atoms with Crippen LogP contribution in [0.3, 0.4) is 0 Å². The van der Waals surface area contributed by atoms with Crippen LogP contribution in [-0.4, -0.2) is 17.0 Å². The van der Waals surface area contributed by atoms with Crippen LogP contribution < -0.4 is 0 Å². The molecule has 0 heterocycles. The van der Waals surface area contributed by atoms with Crippen LogP contribution in [0, 0.1) is 16.2 Å². The zero-order valence-corrected chi connectivity index (χ0v) is 33.4. The molecule has 0 spiro atoms. The van der Waals surface area contributed by atoms with Crippen molar-refractivity contribution in [1.29, 1.82) is 0 Å². The third-order valence-electron chi connectivity index (χ3n) is 9.02. The average molecular weight is 652 g/mol. The van der Waals surface area contributed by atoms with E-state index in [1.807, 2.05) is 26.8 Å². The van der Waals surface area contributed by atoms with Gasteiger partial charge in [-0.3, -0.25) is 4.79 Å². The highest BCUT2D eigenvalue weighted by atomic mass is 16.3. The van der Waals surface area contributed by atoms with Gasteiger partial charge in [0.25, 0.3) is 0 Å². The Morgan fingerprint density at radius 3 is 1.70 bits per heavy atom. The van der Waals surface area contributed by atoms with Gasteiger partial charge in [0.2, 0.25) is 0 Å². The molecule has 3 aliphatic rings. The lowest BCUT2D eigenvalue weighted by atomic mass is 9.72. The number of aliphatic hydroxyl groups excluding tert-OH is 1. The number of carbonyl (C=O) groups excluding carboxylic acids is 1. The molecule has 0 radical (unpaired) electrons. The highest BCUT2D eigenvalue weighted by Gasteiger charge is 2.28. The van der Waals surface area contributed by atoms with Gasteiger partial charge in [0, 0.05) is 0 Å². The Balaban J connectivity index is 0. The molecule has 1 atom stereocenters. The number of hydrogen-bond acceptors (Lipinski definition) is 2. The van der Waals surface area contributed by atoms with Gasteiger partial charge in [-0.2, -0.15) is 0 Å². The van der Waals surface area contributed by atoms with Crippen LogP contribution >= 0.6 is 0 Å². The first-order chi connectivity index (χ1) is 21.0. The molecular formula is C44H75O3+. The van der Waals surface area contributed by atoms with E-state index >= 15 is 0 Å². The van der Waals surface area contributed by atoms with E-state index in [-0.39, 0.29) is 28.2 Å². The first-order valence-corrected chi connectivity index (χ1v) is 17.6. The van der Waals surface area contributed by atoms with Crippen molar-refractivity contribution in [3.05, 3.63) is 93.7 Å². The summed E-state index contributed by atoms with van der Waals surface area (Å²) in [5.74, 6) is 0.131. The monoisotopic (exact) mass is 652 g/mol. The number of rotatable bonds is 5. The molecule has 0 fully saturated rings. The summed E-state index contributed by atoms with van der Waals surface area (Å²) in [7, 11) is 0. The highest BCUT2D eigenvalue weighted by molar-refractivity contribution is 5.87. The summed E-state index contributed by atoms with van der Waals surface area (Å²) in [6, 6.07) is 0. The maximum Gasteiger partial charge on any atom is 0.152 e. The predicted octanol–water partition coefficient (Wildman–Crippen LogP) is 12.4. The number of ketones is 1. The van der Waals surface area contributed by atoms with E-state index in [0.29, 0.717) is 5.41 Å². The first-order valence-electron chi connectivity index (χ1n) is 17.6. The van der Waals surface area contributed by atoms with Gasteiger partial charge in [-0.15, -0.1) is 6.58 Å². The molecule has 0 amide bonds. The van der Waals surface area contributed by atoms with E-state index in [2.05, 4.69) is 113 Å². The second kappa shape index (κ2) is 21.5. The third-order valence-corrected chi connectivity index (χ3v) is 9.02. The van der Waals surface area contributed by atoms with Gasteiger partial charge < -0.3 is 10.6 Å². The van der Waals surface area contributed by atoms with Crippen LogP contribution in [0.4, 0.5) is 0 Å². The summed E-state index contributed by atoms with van der Waals surface area (Å²) >= 11 is 0. The van der Waals surface area contributed by atoms with E-state index in [1.165, 1.54) is 89.5 Å². The first kappa shape index (κ1) is 46.6. The predicted molar refractivity (Wildman–Crippen MR) is 211 cm³/mol. The Kier molecular flexibility index (Phi) is 21.3. The molecule has 0 aromatic carbocycles. The van der Waals surface area contributed by atoms with Gasteiger partial charge in [0.05, 0.1) is 6.10 Å². The number of allylic oxidation sites excluding steroid dienone is 14. The van der Waals surface area contributed by atoms with Crippen LogP contribution in [0.5, 0.6) is 0 Å². The molecule has 0 aromatic heterocycles. The topological polar surface area (TPSA) is 70.3 Å². The smallest absolute Gasteiger partial charge is 0.152 e. The Bertz CT molecular complexity index is 1220. The van der Waals surface area contributed by atoms with Crippen molar-refractivity contribution in [2.45, 2.75) is 161 Å². The zero-order chi connectivity index (χ0) is 35.9. The van der Waals surface area contributed by atoms with Crippen LogP contribution in [-0.2, 0) is 10.3 Å². The van der Waals surface area contributed by atoms with Crippen molar-refractivity contribution in [3.8, 4) is 0 Å². The van der Waals surface area contributed by atoms with E-state index < -0.39 is 0 Å². The molecule has 47 heavy (non-hydrogen) atoms. The second-order valence-corrected chi connectivity index (χ2v) is 16.2. The molecule has 0 saturated carbocycles. The normalized spacial score (nSPS) is 21.7. The standard InChI is InChI=1S/C14H22.C13H22O.C13H20O.C4H8.H2O/c1-11(2)8-9-13-12(3)7-6-10-14(13,4)5;2*1-10-6-5-9-13(3,4)12(10)8-7-11(2)14;1-4(2)3;/h7-9H,6,10H2,1-5H3;6,8,11,14H,5,7,9H2,1-4H3;7-8H,5-6,9H2,1-4H3;1H2,2-3H3;1H2/p+1/b13-9+;12-8+;8-7+;;. The lowest BCUT2D eigenvalue weighted by Crippen LogP contribution is -2.19. The molecule has 0 saturated heterocycles. The van der Waals surface area contributed by atoms with E-state index in [4.69, 9.17) is 0 Å². The van der Waals surface area contributed by atoms with Gasteiger partial charge in [0.15, 0.2) is 5.78 Å². The number of hydrogen-bond donors (Lipinski definition) is 1. The SMILES string of the molecule is C=C(C)C.CC(=O)/C=C/C1=C(C)CCCC1(C)C.CC(C)=C/C=C1\C(C)=CCCC1(C)C.CC1=CCCC(C)(C)/C1=C/CC(C)O.[OH3+]. The molecule has 4 N–H and O–H groups in total. The number of aliphatic hydroxyl groups is 1. The molecular weight excluding hydrogens is 576 g/mol. The Hall–Kier alpha value is -2.49. The van der Waals surface area contributed by atoms with Crippen molar-refractivity contribution in [2.24, 2.45) is 16.2 Å². The highest BCUT2D eigenvalue weighted by Crippen LogP contribution is 2.42. The van der Waals surface area contributed by atoms with Crippen molar-refractivity contribution >= 4 is 5.78 Å². The quantitative estimate of drug-likeness (QED) is 0.182. The molecule has 0 aromatic rings. The molecule has 3 heteroatoms. The fourth-order valence-corrected chi connectivity index (χ4v) is 6.40. The zero-order valence-electron chi connectivity index (χ0n) is 33.4. The fourth-order valence-electron chi connectivity index (χ4n) is 6.40. The average Bonchev–Trinajstić information content (AvgIpc) is 2.86. The lowest BCUT2D eigenvalue weighted by Gasteiger charge is -2.32. The summed E-state index contributed by atoms with van der Waals surface area (Å²) in [4.78, 5) is 10.9. The maximum absolute atomic E-state index is 10.9. The molecule has 0 bridgehead atoms. The van der Waals surface area contributed by atoms with Crippen molar-refractivity contribution in [3.63, 3.8) is 0 Å². The molecule has 0 aliphatic heterocycles. The summed E-state index contributed by atoms with van der Waals surface area (Å²) < 4.78 is 0. The minimum atomic E-state index is -0.229. The molecule has 3 aliphatic carbocycles. The minimum Gasteiger partial charge on any atom is -0.457 e. The summed E-state index contributed by atoms with van der Waals surface area (Å²) in [5, 5.41) is 9.28. The molecule has 1 unspecified atom stereocenters. The Labute approximate surface area is 291 Å². The van der Waals surface area contributed by atoms with Crippen molar-refractivity contribution < 1.29 is 15.4 Å². The van der Waals surface area contributed by atoms with Gasteiger partial charge in [-0.1, -0.05) is 106 Å². The van der Waals surface area contributed by atoms with Crippen LogP contribution in [0.15, 0.2) is 93.7 Å². The lowest BCUT2D eigenvalue weighted by molar-refractivity contribution is -0.112. The van der Waals surface area contributed by atoms with E-state index in [0.717, 1.165) is 6.42 Å². The van der Waals surface area contributed by atoms with Crippen LogP contribution in [0.2, 0.25) is 0 Å². The summed E-state index contributed by atoms with van der Waals surface area (Å²) in [6.07, 6.45) is 24.2. The van der Waals surface area contributed by atoms with Crippen molar-refractivity contribution in [2.75, 3.05) is 0 Å². The van der Waals surface area contributed by atoms with E-state index in [1.54, 1.807) is 13.0 Å². The van der Waals surface area contributed by atoms with Crippen LogP contribution in [0.1, 0.15) is 155 Å². The number of carbonyl (C=O) groups is 1. The van der Waals surface area contributed by atoms with Gasteiger partial charge >= 0.3 is 0 Å². The molecule has 268 valence electrons. The molecule has 3 nitrogen and oxygen atoms in total. The van der Waals surface area contributed by atoms with Gasteiger partial charge in [-0.25, -0.2) is 0 Å². The van der Waals surface area contributed by atoms with Gasteiger partial charge in [-0.05, 0) is 153 Å². The maximum atomic E-state index is 10.9. The summed E-state index contributed by atoms with van der Waals surface area (Å²) in [5.41, 5.74) is 12.0. The largest absolute Gasteiger partial charge is 0.457 e. The Morgan fingerprint density at radius 1 is 0.851 bits per heavy atom. The van der Waals surface area contributed by atoms with E-state index in [9.17, 15) is 9.90 Å². The molecule has 3 rings (SSSR count). The third kappa shape index (κ3) is 18.6. The fraction of sp³-hybridized carbons (Fsp3) is 0.614. The summed E-state index contributed by atoms with van der Waals surface area (Å²) in [6.45, 7) is 35.6. The van der Waals surface area contributed by atoms with Crippen LogP contribution in [0.25, 0.3) is 0 Å². The minimum absolute atomic E-state index is 0.